The largest absolute Gasteiger partial charge is 0.496 e. The Kier molecular flexibility index (Phi) is 4.19. The molecule has 0 bridgehead atoms. The number of carbonyl (C=O) groups is 1. The summed E-state index contributed by atoms with van der Waals surface area (Å²) >= 11 is 11.4. The molecule has 1 aromatic heterocycles. The quantitative estimate of drug-likeness (QED) is 0.946. The van der Waals surface area contributed by atoms with Crippen LogP contribution in [0, 0.1) is 0 Å². The molecular formula is C12H9Cl2N3O2. The minimum Gasteiger partial charge on any atom is -0.496 e. The van der Waals surface area contributed by atoms with Crippen molar-refractivity contribution in [3.05, 3.63) is 46.3 Å². The van der Waals surface area contributed by atoms with Crippen LogP contribution >= 0.6 is 23.2 Å². The molecule has 0 aliphatic rings. The van der Waals surface area contributed by atoms with Gasteiger partial charge < -0.3 is 10.1 Å². The zero-order valence-electron chi connectivity index (χ0n) is 9.85. The van der Waals surface area contributed by atoms with Crippen molar-refractivity contribution in [3.63, 3.8) is 0 Å². The number of benzene rings is 1. The molecule has 2 rings (SSSR count). The highest BCUT2D eigenvalue weighted by atomic mass is 35.5. The van der Waals surface area contributed by atoms with Crippen LogP contribution in [0.15, 0.2) is 30.6 Å². The van der Waals surface area contributed by atoms with E-state index in [0.29, 0.717) is 22.2 Å². The lowest BCUT2D eigenvalue weighted by atomic mass is 10.2. The smallest absolute Gasteiger partial charge is 0.260 e. The maximum absolute atomic E-state index is 12.1. The standard InChI is InChI=1S/C12H9Cl2N3O2/c1-19-9-4-7(13)2-3-8(9)12(18)17-11-6-15-10(14)5-16-11/h2-6H,1H3,(H,16,17,18). The van der Waals surface area contributed by atoms with Gasteiger partial charge in [-0.05, 0) is 18.2 Å². The fourth-order valence-corrected chi connectivity index (χ4v) is 1.67. The van der Waals surface area contributed by atoms with Gasteiger partial charge in [0.2, 0.25) is 0 Å². The third-order valence-electron chi connectivity index (χ3n) is 2.27. The van der Waals surface area contributed by atoms with Gasteiger partial charge in [-0.3, -0.25) is 4.79 Å². The van der Waals surface area contributed by atoms with E-state index in [1.165, 1.54) is 19.5 Å². The first-order chi connectivity index (χ1) is 9.10. The van der Waals surface area contributed by atoms with Crippen molar-refractivity contribution in [1.82, 2.24) is 9.97 Å². The van der Waals surface area contributed by atoms with E-state index in [1.54, 1.807) is 18.2 Å². The van der Waals surface area contributed by atoms with Crippen LogP contribution in [0.1, 0.15) is 10.4 Å². The zero-order chi connectivity index (χ0) is 13.8. The van der Waals surface area contributed by atoms with Crippen molar-refractivity contribution in [1.29, 1.82) is 0 Å². The van der Waals surface area contributed by atoms with Crippen molar-refractivity contribution in [2.24, 2.45) is 0 Å². The minimum absolute atomic E-state index is 0.252. The molecule has 0 aliphatic heterocycles. The van der Waals surface area contributed by atoms with Crippen LogP contribution < -0.4 is 10.1 Å². The molecule has 0 atom stereocenters. The summed E-state index contributed by atoms with van der Waals surface area (Å²) < 4.78 is 5.10. The summed E-state index contributed by atoms with van der Waals surface area (Å²) in [6.45, 7) is 0. The Balaban J connectivity index is 2.22. The molecule has 19 heavy (non-hydrogen) atoms. The van der Waals surface area contributed by atoms with Gasteiger partial charge in [0.1, 0.15) is 10.9 Å². The molecule has 0 unspecified atom stereocenters. The average molecular weight is 298 g/mol. The minimum atomic E-state index is -0.370. The summed E-state index contributed by atoms with van der Waals surface area (Å²) in [5, 5.41) is 3.32. The third kappa shape index (κ3) is 3.33. The van der Waals surface area contributed by atoms with Gasteiger partial charge >= 0.3 is 0 Å². The van der Waals surface area contributed by atoms with Crippen molar-refractivity contribution < 1.29 is 9.53 Å². The van der Waals surface area contributed by atoms with Crippen molar-refractivity contribution in [3.8, 4) is 5.75 Å². The van der Waals surface area contributed by atoms with Gasteiger partial charge in [-0.1, -0.05) is 23.2 Å². The highest BCUT2D eigenvalue weighted by molar-refractivity contribution is 6.31. The van der Waals surface area contributed by atoms with E-state index in [-0.39, 0.29) is 11.1 Å². The number of aromatic nitrogens is 2. The second-order valence-electron chi connectivity index (χ2n) is 3.52. The summed E-state index contributed by atoms with van der Waals surface area (Å²) in [6, 6.07) is 4.73. The number of amides is 1. The number of halogens is 2. The van der Waals surface area contributed by atoms with Crippen molar-refractivity contribution in [2.45, 2.75) is 0 Å². The number of nitrogens with one attached hydrogen (secondary N) is 1. The van der Waals surface area contributed by atoms with E-state index in [4.69, 9.17) is 27.9 Å². The zero-order valence-corrected chi connectivity index (χ0v) is 11.4. The second-order valence-corrected chi connectivity index (χ2v) is 4.35. The van der Waals surface area contributed by atoms with Crippen LogP contribution in [-0.4, -0.2) is 23.0 Å². The fraction of sp³-hybridized carbons (Fsp3) is 0.0833. The van der Waals surface area contributed by atoms with E-state index >= 15 is 0 Å². The average Bonchev–Trinajstić information content (AvgIpc) is 2.41. The maximum Gasteiger partial charge on any atom is 0.260 e. The van der Waals surface area contributed by atoms with E-state index in [2.05, 4.69) is 15.3 Å². The van der Waals surface area contributed by atoms with Crippen LogP contribution in [-0.2, 0) is 0 Å². The molecule has 7 heteroatoms. The number of methoxy groups -OCH3 is 1. The van der Waals surface area contributed by atoms with Gasteiger partial charge in [0.05, 0.1) is 25.1 Å². The Labute approximate surface area is 119 Å². The molecule has 0 spiro atoms. The molecule has 98 valence electrons. The summed E-state index contributed by atoms with van der Waals surface area (Å²) in [4.78, 5) is 19.8. The summed E-state index contributed by atoms with van der Waals surface area (Å²) in [7, 11) is 1.46. The molecule has 1 N–H and O–H groups in total. The predicted molar refractivity (Wildman–Crippen MR) is 73.0 cm³/mol. The van der Waals surface area contributed by atoms with E-state index in [1.807, 2.05) is 0 Å². The van der Waals surface area contributed by atoms with Gasteiger partial charge in [0.25, 0.3) is 5.91 Å². The molecular weight excluding hydrogens is 289 g/mol. The van der Waals surface area contributed by atoms with Crippen LogP contribution in [0.25, 0.3) is 0 Å². The lowest BCUT2D eigenvalue weighted by molar-refractivity contribution is 0.102. The number of ether oxygens (including phenoxy) is 1. The topological polar surface area (TPSA) is 64.1 Å². The monoisotopic (exact) mass is 297 g/mol. The van der Waals surface area contributed by atoms with Crippen LogP contribution in [0.5, 0.6) is 5.75 Å². The summed E-state index contributed by atoms with van der Waals surface area (Å²) in [6.07, 6.45) is 2.71. The maximum atomic E-state index is 12.1. The number of nitrogens with zero attached hydrogens (tertiary/aromatic N) is 2. The Morgan fingerprint density at radius 3 is 2.68 bits per heavy atom. The molecule has 5 nitrogen and oxygen atoms in total. The molecule has 0 saturated heterocycles. The van der Waals surface area contributed by atoms with Gasteiger partial charge in [-0.25, -0.2) is 9.97 Å². The molecule has 0 aliphatic carbocycles. The summed E-state index contributed by atoms with van der Waals surface area (Å²) in [5.74, 6) is 0.309. The van der Waals surface area contributed by atoms with E-state index in [0.717, 1.165) is 0 Å². The van der Waals surface area contributed by atoms with E-state index in [9.17, 15) is 4.79 Å². The molecule has 1 aromatic carbocycles. The van der Waals surface area contributed by atoms with Crippen LogP contribution in [0.2, 0.25) is 10.2 Å². The Morgan fingerprint density at radius 2 is 2.05 bits per heavy atom. The SMILES string of the molecule is COc1cc(Cl)ccc1C(=O)Nc1cnc(Cl)cn1. The first kappa shape index (κ1) is 13.6. The van der Waals surface area contributed by atoms with Gasteiger partial charge in [-0.2, -0.15) is 0 Å². The highest BCUT2D eigenvalue weighted by Crippen LogP contribution is 2.23. The van der Waals surface area contributed by atoms with Gasteiger partial charge in [0.15, 0.2) is 5.82 Å². The normalized spacial score (nSPS) is 10.1. The fourth-order valence-electron chi connectivity index (χ4n) is 1.41. The lowest BCUT2D eigenvalue weighted by Crippen LogP contribution is -2.14. The Morgan fingerprint density at radius 1 is 1.26 bits per heavy atom. The van der Waals surface area contributed by atoms with E-state index < -0.39 is 0 Å². The molecule has 1 amide bonds. The first-order valence-corrected chi connectivity index (χ1v) is 5.98. The van der Waals surface area contributed by atoms with Crippen molar-refractivity contribution >= 4 is 34.9 Å². The van der Waals surface area contributed by atoms with Crippen LogP contribution in [0.3, 0.4) is 0 Å². The summed E-state index contributed by atoms with van der Waals surface area (Å²) in [5.41, 5.74) is 0.351. The number of carbonyl (C=O) groups excluding carboxylic acids is 1. The molecule has 0 fully saturated rings. The number of rotatable bonds is 3. The van der Waals surface area contributed by atoms with Gasteiger partial charge in [0, 0.05) is 5.02 Å². The van der Waals surface area contributed by atoms with Crippen LogP contribution in [0.4, 0.5) is 5.82 Å². The molecule has 1 heterocycles. The third-order valence-corrected chi connectivity index (χ3v) is 2.70. The number of anilines is 1. The Hall–Kier alpha value is -1.85. The number of hydrogen-bond donors (Lipinski definition) is 1. The molecule has 0 saturated carbocycles. The Bertz CT molecular complexity index is 602. The molecule has 2 aromatic rings. The lowest BCUT2D eigenvalue weighted by Gasteiger charge is -2.08. The van der Waals surface area contributed by atoms with Gasteiger partial charge in [-0.15, -0.1) is 0 Å². The predicted octanol–water partition coefficient (Wildman–Crippen LogP) is 3.04. The first-order valence-electron chi connectivity index (χ1n) is 5.22. The molecule has 0 radical (unpaired) electrons. The highest BCUT2D eigenvalue weighted by Gasteiger charge is 2.13. The van der Waals surface area contributed by atoms with Crippen molar-refractivity contribution in [2.75, 3.05) is 12.4 Å². The number of hydrogen-bond acceptors (Lipinski definition) is 4. The second kappa shape index (κ2) is 5.86.